The number of unbranched alkanes of at least 4 members (excludes halogenated alkanes) is 3. The number of halogens is 1. The number of methoxy groups -OCH3 is 1. The van der Waals surface area contributed by atoms with Crippen LogP contribution in [0.4, 0.5) is 0 Å². The molecule has 5 heteroatoms. The van der Waals surface area contributed by atoms with E-state index in [2.05, 4.69) is 24.3 Å². The average molecular weight is 379 g/mol. The number of aryl methyl sites for hydroxylation is 1. The highest BCUT2D eigenvalue weighted by molar-refractivity contribution is 7.64. The number of carbonyl (C=O) groups excluding carboxylic acids is 1. The van der Waals surface area contributed by atoms with Crippen molar-refractivity contribution in [1.29, 1.82) is 0 Å². The van der Waals surface area contributed by atoms with Crippen LogP contribution in [0.1, 0.15) is 41.6 Å². The molecule has 0 aromatic heterocycles. The van der Waals surface area contributed by atoms with Gasteiger partial charge in [0.05, 0.1) is 17.7 Å². The summed E-state index contributed by atoms with van der Waals surface area (Å²) in [7, 11) is -0.887. The zero-order valence-corrected chi connectivity index (χ0v) is 16.2. The quantitative estimate of drug-likeness (QED) is 0.384. The Balaban J connectivity index is 1.74. The van der Waals surface area contributed by atoms with Gasteiger partial charge in [0.25, 0.3) is 0 Å². The van der Waals surface area contributed by atoms with Crippen LogP contribution < -0.4 is 4.74 Å². The van der Waals surface area contributed by atoms with Crippen LogP contribution in [0.2, 0.25) is 5.02 Å². The van der Waals surface area contributed by atoms with E-state index in [4.69, 9.17) is 16.3 Å². The van der Waals surface area contributed by atoms with Crippen LogP contribution in [0.15, 0.2) is 48.5 Å². The fraction of sp³-hybridized carbons (Fsp3) is 0.350. The Hall–Kier alpha value is -1.57. The normalized spacial score (nSPS) is 11.9. The van der Waals surface area contributed by atoms with Crippen LogP contribution in [0.3, 0.4) is 0 Å². The highest BCUT2D eigenvalue weighted by atomic mass is 35.5. The maximum absolute atomic E-state index is 12.4. The summed E-state index contributed by atoms with van der Waals surface area (Å²) in [6.45, 7) is 0. The molecule has 0 heterocycles. The summed E-state index contributed by atoms with van der Waals surface area (Å²) < 4.78 is 17.5. The van der Waals surface area contributed by atoms with Gasteiger partial charge in [-0.3, -0.25) is 4.79 Å². The summed E-state index contributed by atoms with van der Waals surface area (Å²) in [5, 5.41) is 0.297. The third-order valence-electron chi connectivity index (χ3n) is 4.14. The predicted octanol–water partition coefficient (Wildman–Crippen LogP) is 5.85. The number of hydrogen-bond donors (Lipinski definition) is 0. The second-order valence-electron chi connectivity index (χ2n) is 5.97. The molecule has 1 atom stereocenters. The van der Waals surface area contributed by atoms with Gasteiger partial charge in [-0.05, 0) is 37.0 Å². The van der Waals surface area contributed by atoms with E-state index >= 15 is 0 Å². The molecule has 0 aliphatic rings. The van der Waals surface area contributed by atoms with Gasteiger partial charge < -0.3 is 9.30 Å². The lowest BCUT2D eigenvalue weighted by Crippen LogP contribution is -2.00. The molecule has 0 saturated heterocycles. The van der Waals surface area contributed by atoms with E-state index in [1.807, 2.05) is 6.07 Å². The van der Waals surface area contributed by atoms with Crippen LogP contribution >= 0.6 is 19.4 Å². The topological polar surface area (TPSA) is 43.4 Å². The van der Waals surface area contributed by atoms with E-state index in [1.54, 1.807) is 18.2 Å². The standard InChI is InChI=1S/C20H24ClO3P/c1-24-18-14-9-13-17(21)19(18)20(22)25(23)15-8-3-2-5-10-16-11-6-4-7-12-16/h4,6-7,9,11-14,25H,2-3,5,8,10,15H2,1H3. The molecular formula is C20H24ClO3P. The van der Waals surface area contributed by atoms with E-state index < -0.39 is 7.80 Å². The van der Waals surface area contributed by atoms with Crippen LogP contribution in [0.25, 0.3) is 0 Å². The van der Waals surface area contributed by atoms with Crippen molar-refractivity contribution in [3.05, 3.63) is 64.7 Å². The second kappa shape index (κ2) is 10.4. The lowest BCUT2D eigenvalue weighted by atomic mass is 10.1. The summed E-state index contributed by atoms with van der Waals surface area (Å²) in [5.74, 6) is 0.388. The fourth-order valence-electron chi connectivity index (χ4n) is 2.76. The largest absolute Gasteiger partial charge is 0.496 e. The maximum Gasteiger partial charge on any atom is 0.223 e. The molecule has 0 N–H and O–H groups in total. The van der Waals surface area contributed by atoms with Crippen molar-refractivity contribution < 1.29 is 14.1 Å². The van der Waals surface area contributed by atoms with E-state index in [0.29, 0.717) is 16.9 Å². The van der Waals surface area contributed by atoms with Crippen molar-refractivity contribution >= 4 is 24.9 Å². The van der Waals surface area contributed by atoms with Gasteiger partial charge in [-0.15, -0.1) is 0 Å². The number of ether oxygens (including phenoxy) is 1. The first-order valence-corrected chi connectivity index (χ1v) is 10.6. The Kier molecular flexibility index (Phi) is 8.24. The molecule has 0 aliphatic heterocycles. The zero-order valence-electron chi connectivity index (χ0n) is 14.5. The molecule has 134 valence electrons. The van der Waals surface area contributed by atoms with Gasteiger partial charge in [0, 0.05) is 6.16 Å². The molecule has 0 aliphatic carbocycles. The van der Waals surface area contributed by atoms with Crippen molar-refractivity contribution in [3.63, 3.8) is 0 Å². The van der Waals surface area contributed by atoms with Gasteiger partial charge in [-0.2, -0.15) is 0 Å². The molecule has 0 fully saturated rings. The maximum atomic E-state index is 12.4. The van der Waals surface area contributed by atoms with Gasteiger partial charge in [0.2, 0.25) is 5.52 Å². The zero-order chi connectivity index (χ0) is 18.1. The van der Waals surface area contributed by atoms with E-state index in [9.17, 15) is 9.36 Å². The van der Waals surface area contributed by atoms with Gasteiger partial charge >= 0.3 is 0 Å². The molecule has 2 aromatic carbocycles. The summed E-state index contributed by atoms with van der Waals surface area (Å²) >= 11 is 6.08. The predicted molar refractivity (Wildman–Crippen MR) is 105 cm³/mol. The monoisotopic (exact) mass is 378 g/mol. The van der Waals surface area contributed by atoms with E-state index in [-0.39, 0.29) is 11.1 Å². The third kappa shape index (κ3) is 6.02. The van der Waals surface area contributed by atoms with Gasteiger partial charge in [0.1, 0.15) is 13.6 Å². The molecule has 2 rings (SSSR count). The van der Waals surface area contributed by atoms with Crippen molar-refractivity contribution in [2.45, 2.75) is 32.1 Å². The van der Waals surface area contributed by atoms with E-state index in [0.717, 1.165) is 32.1 Å². The number of benzene rings is 2. The average Bonchev–Trinajstić information content (AvgIpc) is 2.64. The Morgan fingerprint density at radius 3 is 2.44 bits per heavy atom. The Morgan fingerprint density at radius 1 is 1.00 bits per heavy atom. The third-order valence-corrected chi connectivity index (χ3v) is 6.02. The summed E-state index contributed by atoms with van der Waals surface area (Å²) in [5.41, 5.74) is 1.22. The highest BCUT2D eigenvalue weighted by Gasteiger charge is 2.21. The van der Waals surface area contributed by atoms with Crippen molar-refractivity contribution in [1.82, 2.24) is 0 Å². The molecule has 1 unspecified atom stereocenters. The first-order chi connectivity index (χ1) is 12.1. The molecule has 0 saturated carbocycles. The summed E-state index contributed by atoms with van der Waals surface area (Å²) in [6.07, 6.45) is 5.46. The summed E-state index contributed by atoms with van der Waals surface area (Å²) in [6, 6.07) is 15.4. The number of hydrogen-bond acceptors (Lipinski definition) is 3. The lowest BCUT2D eigenvalue weighted by Gasteiger charge is -2.09. The number of carbonyl (C=O) groups is 1. The molecule has 2 aromatic rings. The fourth-order valence-corrected chi connectivity index (χ4v) is 4.43. The highest BCUT2D eigenvalue weighted by Crippen LogP contribution is 2.36. The SMILES string of the molecule is COc1cccc(Cl)c1C(=O)[PH](=O)CCCCCCc1ccccc1. The molecular weight excluding hydrogens is 355 g/mol. The first-order valence-electron chi connectivity index (χ1n) is 8.57. The minimum atomic E-state index is -2.37. The van der Waals surface area contributed by atoms with Crippen molar-refractivity contribution in [2.24, 2.45) is 0 Å². The molecule has 0 radical (unpaired) electrons. The van der Waals surface area contributed by atoms with Crippen LogP contribution in [-0.2, 0) is 11.0 Å². The van der Waals surface area contributed by atoms with Gasteiger partial charge in [-0.25, -0.2) is 0 Å². The number of rotatable bonds is 10. The second-order valence-corrected chi connectivity index (χ2v) is 8.18. The minimum absolute atomic E-state index is 0.250. The van der Waals surface area contributed by atoms with Crippen molar-refractivity contribution in [2.75, 3.05) is 13.3 Å². The summed E-state index contributed by atoms with van der Waals surface area (Å²) in [4.78, 5) is 12.4. The molecule has 0 spiro atoms. The molecule has 25 heavy (non-hydrogen) atoms. The van der Waals surface area contributed by atoms with Crippen LogP contribution in [0.5, 0.6) is 5.75 Å². The van der Waals surface area contributed by atoms with Crippen molar-refractivity contribution in [3.8, 4) is 5.75 Å². The smallest absolute Gasteiger partial charge is 0.223 e. The molecule has 3 nitrogen and oxygen atoms in total. The minimum Gasteiger partial charge on any atom is -0.496 e. The van der Waals surface area contributed by atoms with Gasteiger partial charge in [-0.1, -0.05) is 60.8 Å². The Labute approximate surface area is 155 Å². The molecule has 0 amide bonds. The van der Waals surface area contributed by atoms with Crippen LogP contribution in [-0.4, -0.2) is 18.8 Å². The van der Waals surface area contributed by atoms with E-state index in [1.165, 1.54) is 12.7 Å². The molecule has 0 bridgehead atoms. The van der Waals surface area contributed by atoms with Gasteiger partial charge in [0.15, 0.2) is 0 Å². The Morgan fingerprint density at radius 2 is 1.72 bits per heavy atom. The first kappa shape index (κ1) is 19.8. The van der Waals surface area contributed by atoms with Crippen LogP contribution in [0, 0.1) is 0 Å². The lowest BCUT2D eigenvalue weighted by molar-refractivity contribution is 0.107. The Bertz CT molecular complexity index is 716.